The van der Waals surface area contributed by atoms with Crippen molar-refractivity contribution < 1.29 is 21.6 Å². The molecule has 0 bridgehead atoms. The second kappa shape index (κ2) is 8.47. The second-order valence-corrected chi connectivity index (χ2v) is 12.1. The van der Waals surface area contributed by atoms with E-state index in [0.29, 0.717) is 24.9 Å². The zero-order valence-corrected chi connectivity index (χ0v) is 19.9. The van der Waals surface area contributed by atoms with Crippen molar-refractivity contribution in [1.82, 2.24) is 9.29 Å². The number of hydrogen-bond donors (Lipinski definition) is 1. The SMILES string of the molecule is CC(C)(C)Cn1cc(CNS(=O)(=O)C2CCC2)c2ccc(-c3ccccc3C(F)(F)F)cc21. The summed E-state index contributed by atoms with van der Waals surface area (Å²) in [6.45, 7) is 7.05. The molecule has 0 atom stereocenters. The van der Waals surface area contributed by atoms with Crippen molar-refractivity contribution >= 4 is 20.9 Å². The van der Waals surface area contributed by atoms with Gasteiger partial charge < -0.3 is 4.57 Å². The molecule has 0 aliphatic heterocycles. The van der Waals surface area contributed by atoms with Crippen molar-refractivity contribution in [3.05, 3.63) is 59.8 Å². The highest BCUT2D eigenvalue weighted by Gasteiger charge is 2.34. The van der Waals surface area contributed by atoms with Crippen LogP contribution in [0.3, 0.4) is 0 Å². The topological polar surface area (TPSA) is 51.1 Å². The zero-order chi connectivity index (χ0) is 24.0. The fraction of sp³-hybridized carbons (Fsp3) is 0.440. The molecule has 1 aliphatic carbocycles. The molecule has 1 aromatic heterocycles. The van der Waals surface area contributed by atoms with Gasteiger partial charge >= 0.3 is 6.18 Å². The molecular formula is C25H29F3N2O2S. The Labute approximate surface area is 192 Å². The van der Waals surface area contributed by atoms with Gasteiger partial charge in [-0.1, -0.05) is 57.5 Å². The number of aromatic nitrogens is 1. The summed E-state index contributed by atoms with van der Waals surface area (Å²) in [5.74, 6) is 0. The van der Waals surface area contributed by atoms with Crippen molar-refractivity contribution in [3.8, 4) is 11.1 Å². The van der Waals surface area contributed by atoms with E-state index < -0.39 is 21.8 Å². The minimum atomic E-state index is -4.45. The standard InChI is InChI=1S/C25H29F3N2O2S/c1-24(2,3)16-30-15-18(14-29-33(31,32)19-7-6-8-19)21-12-11-17(13-23(21)30)20-9-4-5-10-22(20)25(26,27)28/h4-5,9-13,15,19,29H,6-8,14,16H2,1-3H3. The summed E-state index contributed by atoms with van der Waals surface area (Å²) in [5.41, 5.74) is 1.46. The first kappa shape index (κ1) is 23.8. The maximum Gasteiger partial charge on any atom is 0.417 e. The number of rotatable bonds is 6. The van der Waals surface area contributed by atoms with Crippen LogP contribution in [0.25, 0.3) is 22.0 Å². The molecule has 33 heavy (non-hydrogen) atoms. The van der Waals surface area contributed by atoms with E-state index >= 15 is 0 Å². The van der Waals surface area contributed by atoms with Crippen LogP contribution in [0, 0.1) is 5.41 Å². The van der Waals surface area contributed by atoms with Crippen LogP contribution in [0.2, 0.25) is 0 Å². The Hall–Kier alpha value is -2.32. The predicted octanol–water partition coefficient (Wildman–Crippen LogP) is 6.35. The molecule has 4 rings (SSSR count). The third-order valence-corrected chi connectivity index (χ3v) is 8.00. The van der Waals surface area contributed by atoms with Crippen LogP contribution in [-0.2, 0) is 29.3 Å². The normalized spacial score (nSPS) is 15.7. The Morgan fingerprint density at radius 1 is 1.06 bits per heavy atom. The largest absolute Gasteiger partial charge is 0.417 e. The van der Waals surface area contributed by atoms with Crippen LogP contribution in [-0.4, -0.2) is 18.2 Å². The van der Waals surface area contributed by atoms with Crippen molar-refractivity contribution in [2.75, 3.05) is 0 Å². The van der Waals surface area contributed by atoms with Gasteiger partial charge in [0, 0.05) is 30.2 Å². The van der Waals surface area contributed by atoms with Gasteiger partial charge in [-0.05, 0) is 47.1 Å². The molecule has 0 radical (unpaired) electrons. The number of fused-ring (bicyclic) bond motifs is 1. The predicted molar refractivity (Wildman–Crippen MR) is 125 cm³/mol. The lowest BCUT2D eigenvalue weighted by molar-refractivity contribution is -0.137. The monoisotopic (exact) mass is 478 g/mol. The van der Waals surface area contributed by atoms with E-state index in [1.807, 2.05) is 10.8 Å². The lowest BCUT2D eigenvalue weighted by Crippen LogP contribution is -2.38. The van der Waals surface area contributed by atoms with Crippen LogP contribution < -0.4 is 4.72 Å². The highest BCUT2D eigenvalue weighted by atomic mass is 32.2. The molecule has 3 aromatic rings. The maximum atomic E-state index is 13.6. The summed E-state index contributed by atoms with van der Waals surface area (Å²) in [5, 5.41) is 0.509. The molecule has 1 aliphatic rings. The van der Waals surface area contributed by atoms with Crippen LogP contribution in [0.4, 0.5) is 13.2 Å². The van der Waals surface area contributed by atoms with Crippen LogP contribution in [0.15, 0.2) is 48.7 Å². The van der Waals surface area contributed by atoms with Gasteiger partial charge in [0.15, 0.2) is 0 Å². The van der Waals surface area contributed by atoms with E-state index in [2.05, 4.69) is 25.5 Å². The van der Waals surface area contributed by atoms with Gasteiger partial charge in [-0.15, -0.1) is 0 Å². The molecule has 0 saturated heterocycles. The molecule has 2 aromatic carbocycles. The summed E-state index contributed by atoms with van der Waals surface area (Å²) in [6.07, 6.45) is -0.243. The molecule has 0 unspecified atom stereocenters. The summed E-state index contributed by atoms with van der Waals surface area (Å²) in [6, 6.07) is 10.8. The Morgan fingerprint density at radius 3 is 2.36 bits per heavy atom. The van der Waals surface area contributed by atoms with Gasteiger partial charge in [0.25, 0.3) is 0 Å². The number of nitrogens with one attached hydrogen (secondary N) is 1. The third-order valence-electron chi connectivity index (χ3n) is 6.11. The molecule has 1 heterocycles. The van der Waals surface area contributed by atoms with Gasteiger partial charge in [0.05, 0.1) is 10.8 Å². The average molecular weight is 479 g/mol. The molecular weight excluding hydrogens is 449 g/mol. The first-order chi connectivity index (χ1) is 15.4. The van der Waals surface area contributed by atoms with Crippen molar-refractivity contribution in [2.45, 2.75) is 64.5 Å². The first-order valence-corrected chi connectivity index (χ1v) is 12.7. The third kappa shape index (κ3) is 5.11. The Bertz CT molecular complexity index is 1270. The average Bonchev–Trinajstić information content (AvgIpc) is 2.99. The maximum absolute atomic E-state index is 13.6. The number of hydrogen-bond acceptors (Lipinski definition) is 2. The van der Waals surface area contributed by atoms with E-state index in [9.17, 15) is 21.6 Å². The van der Waals surface area contributed by atoms with Crippen molar-refractivity contribution in [2.24, 2.45) is 5.41 Å². The molecule has 1 N–H and O–H groups in total. The highest BCUT2D eigenvalue weighted by Crippen LogP contribution is 2.38. The summed E-state index contributed by atoms with van der Waals surface area (Å²) in [7, 11) is -3.37. The van der Waals surface area contributed by atoms with E-state index in [1.54, 1.807) is 24.3 Å². The van der Waals surface area contributed by atoms with Crippen LogP contribution >= 0.6 is 0 Å². The summed E-state index contributed by atoms with van der Waals surface area (Å²) >= 11 is 0. The molecule has 178 valence electrons. The quantitative estimate of drug-likeness (QED) is 0.449. The fourth-order valence-corrected chi connectivity index (χ4v) is 5.82. The van der Waals surface area contributed by atoms with Crippen LogP contribution in [0.1, 0.15) is 51.2 Å². The Balaban J connectivity index is 1.76. The molecule has 8 heteroatoms. The van der Waals surface area contributed by atoms with Gasteiger partial charge in [-0.3, -0.25) is 0 Å². The fourth-order valence-electron chi connectivity index (χ4n) is 4.28. The lowest BCUT2D eigenvalue weighted by atomic mass is 9.96. The van der Waals surface area contributed by atoms with Gasteiger partial charge in [0.1, 0.15) is 0 Å². The van der Waals surface area contributed by atoms with Gasteiger partial charge in [-0.25, -0.2) is 13.1 Å². The number of halogens is 3. The van der Waals surface area contributed by atoms with Crippen molar-refractivity contribution in [1.29, 1.82) is 0 Å². The second-order valence-electron chi connectivity index (χ2n) is 10.0. The molecule has 1 saturated carbocycles. The number of benzene rings is 2. The first-order valence-electron chi connectivity index (χ1n) is 11.1. The zero-order valence-electron chi connectivity index (χ0n) is 19.0. The van der Waals surface area contributed by atoms with Gasteiger partial charge in [0.2, 0.25) is 10.0 Å². The van der Waals surface area contributed by atoms with Gasteiger partial charge in [-0.2, -0.15) is 13.2 Å². The van der Waals surface area contributed by atoms with E-state index in [1.165, 1.54) is 12.1 Å². The van der Waals surface area contributed by atoms with Crippen molar-refractivity contribution in [3.63, 3.8) is 0 Å². The molecule has 1 fully saturated rings. The number of nitrogens with zero attached hydrogens (tertiary/aromatic N) is 1. The summed E-state index contributed by atoms with van der Waals surface area (Å²) in [4.78, 5) is 0. The summed E-state index contributed by atoms with van der Waals surface area (Å²) < 4.78 is 70.5. The van der Waals surface area contributed by atoms with Crippen LogP contribution in [0.5, 0.6) is 0 Å². The molecule has 0 amide bonds. The Kier molecular flexibility index (Phi) is 6.12. The van der Waals surface area contributed by atoms with E-state index in [-0.39, 0.29) is 22.8 Å². The minimum absolute atomic E-state index is 0.0749. The molecule has 0 spiro atoms. The number of sulfonamides is 1. The molecule has 4 nitrogen and oxygen atoms in total. The van der Waals surface area contributed by atoms with E-state index in [0.717, 1.165) is 29.0 Å². The smallest absolute Gasteiger partial charge is 0.347 e. The van der Waals surface area contributed by atoms with E-state index in [4.69, 9.17) is 0 Å². The highest BCUT2D eigenvalue weighted by molar-refractivity contribution is 7.90. The Morgan fingerprint density at radius 2 is 1.76 bits per heavy atom. The minimum Gasteiger partial charge on any atom is -0.347 e. The lowest BCUT2D eigenvalue weighted by Gasteiger charge is -2.25. The number of alkyl halides is 3.